The van der Waals surface area contributed by atoms with Crippen molar-refractivity contribution in [1.82, 2.24) is 5.32 Å². The molecule has 1 aromatic rings. The summed E-state index contributed by atoms with van der Waals surface area (Å²) >= 11 is 12.4. The highest BCUT2D eigenvalue weighted by molar-refractivity contribution is 6.35. The third-order valence-corrected chi connectivity index (χ3v) is 5.77. The largest absolute Gasteiger partial charge is 0.310 e. The van der Waals surface area contributed by atoms with Gasteiger partial charge in [-0.05, 0) is 67.7 Å². The van der Waals surface area contributed by atoms with Crippen LogP contribution in [0, 0.1) is 17.8 Å². The molecule has 0 amide bonds. The first-order valence-corrected chi connectivity index (χ1v) is 8.61. The van der Waals surface area contributed by atoms with Crippen molar-refractivity contribution < 1.29 is 0 Å². The fourth-order valence-electron chi connectivity index (χ4n) is 4.32. The van der Waals surface area contributed by atoms with E-state index in [2.05, 4.69) is 18.3 Å². The molecule has 0 aliphatic heterocycles. The first kappa shape index (κ1) is 14.7. The number of nitrogens with one attached hydrogen (secondary N) is 1. The molecule has 1 N–H and O–H groups in total. The van der Waals surface area contributed by atoms with Gasteiger partial charge in [-0.3, -0.25) is 0 Å². The van der Waals surface area contributed by atoms with Crippen LogP contribution < -0.4 is 5.32 Å². The minimum absolute atomic E-state index is 0.370. The average Bonchev–Trinajstić information content (AvgIpc) is 3.00. The van der Waals surface area contributed by atoms with E-state index in [-0.39, 0.29) is 0 Å². The molecule has 0 radical (unpaired) electrons. The summed E-state index contributed by atoms with van der Waals surface area (Å²) in [7, 11) is 0. The maximum atomic E-state index is 6.40. The van der Waals surface area contributed by atoms with E-state index in [0.717, 1.165) is 29.3 Å². The van der Waals surface area contributed by atoms with Crippen molar-refractivity contribution in [2.45, 2.75) is 45.1 Å². The zero-order valence-corrected chi connectivity index (χ0v) is 13.6. The van der Waals surface area contributed by atoms with E-state index in [0.29, 0.717) is 11.1 Å². The van der Waals surface area contributed by atoms with Gasteiger partial charge in [-0.1, -0.05) is 42.6 Å². The second-order valence-corrected chi connectivity index (χ2v) is 7.29. The number of fused-ring (bicyclic) bond motifs is 2. The summed E-state index contributed by atoms with van der Waals surface area (Å²) in [6, 6.07) is 6.28. The van der Waals surface area contributed by atoms with E-state index >= 15 is 0 Å². The van der Waals surface area contributed by atoms with E-state index in [1.54, 1.807) is 0 Å². The molecule has 110 valence electrons. The molecular formula is C17H23Cl2N. The first-order valence-electron chi connectivity index (χ1n) is 7.85. The summed E-state index contributed by atoms with van der Waals surface area (Å²) in [5, 5.41) is 5.13. The molecule has 3 rings (SSSR count). The Morgan fingerprint density at radius 1 is 1.25 bits per heavy atom. The predicted octanol–water partition coefficient (Wildman–Crippen LogP) is 5.47. The standard InChI is InChI=1S/C17H23Cl2N/c1-2-20-17(15-6-5-14(18)10-16(15)19)9-13-8-11-3-4-12(13)7-11/h5-6,10-13,17,20H,2-4,7-9H2,1H3. The Kier molecular flexibility index (Phi) is 4.59. The molecule has 2 aliphatic carbocycles. The number of hydrogen-bond donors (Lipinski definition) is 1. The Hall–Kier alpha value is -0.240. The average molecular weight is 312 g/mol. The summed E-state index contributed by atoms with van der Waals surface area (Å²) in [6.07, 6.45) is 7.03. The van der Waals surface area contributed by atoms with Crippen LogP contribution in [0.25, 0.3) is 0 Å². The lowest BCUT2D eigenvalue weighted by atomic mass is 9.82. The minimum atomic E-state index is 0.370. The number of rotatable bonds is 5. The van der Waals surface area contributed by atoms with Gasteiger partial charge in [0.15, 0.2) is 0 Å². The van der Waals surface area contributed by atoms with Crippen molar-refractivity contribution in [2.24, 2.45) is 17.8 Å². The van der Waals surface area contributed by atoms with Gasteiger partial charge in [-0.2, -0.15) is 0 Å². The molecule has 3 heteroatoms. The summed E-state index contributed by atoms with van der Waals surface area (Å²) in [5.41, 5.74) is 1.21. The number of benzene rings is 1. The Labute approximate surface area is 132 Å². The van der Waals surface area contributed by atoms with Gasteiger partial charge < -0.3 is 5.32 Å². The smallest absolute Gasteiger partial charge is 0.0468 e. The zero-order valence-electron chi connectivity index (χ0n) is 12.0. The van der Waals surface area contributed by atoms with Crippen molar-refractivity contribution in [3.63, 3.8) is 0 Å². The molecule has 2 fully saturated rings. The van der Waals surface area contributed by atoms with Crippen LogP contribution in [0.3, 0.4) is 0 Å². The van der Waals surface area contributed by atoms with Gasteiger partial charge in [0.2, 0.25) is 0 Å². The van der Waals surface area contributed by atoms with Gasteiger partial charge in [0.1, 0.15) is 0 Å². The highest BCUT2D eigenvalue weighted by atomic mass is 35.5. The fourth-order valence-corrected chi connectivity index (χ4v) is 4.86. The van der Waals surface area contributed by atoms with E-state index in [1.807, 2.05) is 12.1 Å². The molecule has 0 saturated heterocycles. The fraction of sp³-hybridized carbons (Fsp3) is 0.647. The molecule has 2 saturated carbocycles. The van der Waals surface area contributed by atoms with Crippen LogP contribution in [0.1, 0.15) is 50.6 Å². The lowest BCUT2D eigenvalue weighted by Crippen LogP contribution is -2.25. The van der Waals surface area contributed by atoms with Crippen molar-refractivity contribution in [1.29, 1.82) is 0 Å². The monoisotopic (exact) mass is 311 g/mol. The number of halogens is 2. The van der Waals surface area contributed by atoms with Crippen molar-refractivity contribution in [3.8, 4) is 0 Å². The van der Waals surface area contributed by atoms with Crippen LogP contribution in [-0.4, -0.2) is 6.54 Å². The lowest BCUT2D eigenvalue weighted by molar-refractivity contribution is 0.280. The van der Waals surface area contributed by atoms with Gasteiger partial charge in [0.25, 0.3) is 0 Å². The SMILES string of the molecule is CCNC(CC1CC2CCC1C2)c1ccc(Cl)cc1Cl. The quantitative estimate of drug-likeness (QED) is 0.760. The van der Waals surface area contributed by atoms with E-state index in [1.165, 1.54) is 37.7 Å². The lowest BCUT2D eigenvalue weighted by Gasteiger charge is -2.28. The first-order chi connectivity index (χ1) is 9.67. The highest BCUT2D eigenvalue weighted by Gasteiger charge is 2.40. The predicted molar refractivity (Wildman–Crippen MR) is 86.4 cm³/mol. The topological polar surface area (TPSA) is 12.0 Å². The maximum absolute atomic E-state index is 6.40. The second kappa shape index (κ2) is 6.25. The maximum Gasteiger partial charge on any atom is 0.0468 e. The Balaban J connectivity index is 1.75. The van der Waals surface area contributed by atoms with Crippen LogP contribution in [0.15, 0.2) is 18.2 Å². The molecule has 0 heterocycles. The number of hydrogen-bond acceptors (Lipinski definition) is 1. The van der Waals surface area contributed by atoms with E-state index in [4.69, 9.17) is 23.2 Å². The van der Waals surface area contributed by atoms with Gasteiger partial charge in [0, 0.05) is 16.1 Å². The molecule has 2 bridgehead atoms. The van der Waals surface area contributed by atoms with Crippen molar-refractivity contribution >= 4 is 23.2 Å². The van der Waals surface area contributed by atoms with Gasteiger partial charge in [-0.25, -0.2) is 0 Å². The Bertz CT molecular complexity index is 474. The molecular weight excluding hydrogens is 289 g/mol. The third-order valence-electron chi connectivity index (χ3n) is 5.21. The molecule has 4 unspecified atom stereocenters. The Morgan fingerprint density at radius 3 is 2.70 bits per heavy atom. The van der Waals surface area contributed by atoms with Crippen LogP contribution in [0.5, 0.6) is 0 Å². The summed E-state index contributed by atoms with van der Waals surface area (Å²) < 4.78 is 0. The second-order valence-electron chi connectivity index (χ2n) is 6.45. The van der Waals surface area contributed by atoms with E-state index < -0.39 is 0 Å². The third kappa shape index (κ3) is 3.00. The van der Waals surface area contributed by atoms with Gasteiger partial charge >= 0.3 is 0 Å². The summed E-state index contributed by atoms with van der Waals surface area (Å²) in [5.74, 6) is 2.85. The molecule has 1 nitrogen and oxygen atoms in total. The molecule has 4 atom stereocenters. The van der Waals surface area contributed by atoms with Crippen LogP contribution in [0.4, 0.5) is 0 Å². The molecule has 20 heavy (non-hydrogen) atoms. The van der Waals surface area contributed by atoms with Gasteiger partial charge in [-0.15, -0.1) is 0 Å². The van der Waals surface area contributed by atoms with Crippen LogP contribution in [-0.2, 0) is 0 Å². The van der Waals surface area contributed by atoms with Crippen molar-refractivity contribution in [2.75, 3.05) is 6.54 Å². The normalized spacial score (nSPS) is 29.9. The minimum Gasteiger partial charge on any atom is -0.310 e. The van der Waals surface area contributed by atoms with Gasteiger partial charge in [0.05, 0.1) is 0 Å². The molecule has 1 aromatic carbocycles. The molecule has 2 aliphatic rings. The molecule has 0 aromatic heterocycles. The Morgan fingerprint density at radius 2 is 2.10 bits per heavy atom. The van der Waals surface area contributed by atoms with Crippen molar-refractivity contribution in [3.05, 3.63) is 33.8 Å². The zero-order chi connectivity index (χ0) is 14.1. The summed E-state index contributed by atoms with van der Waals surface area (Å²) in [4.78, 5) is 0. The molecule has 0 spiro atoms. The van der Waals surface area contributed by atoms with E-state index in [9.17, 15) is 0 Å². The highest BCUT2D eigenvalue weighted by Crippen LogP contribution is 2.51. The van der Waals surface area contributed by atoms with Crippen LogP contribution in [0.2, 0.25) is 10.0 Å². The van der Waals surface area contributed by atoms with Crippen LogP contribution >= 0.6 is 23.2 Å². The summed E-state index contributed by atoms with van der Waals surface area (Å²) in [6.45, 7) is 3.14.